The molecule has 24 heavy (non-hydrogen) atoms. The normalized spacial score (nSPS) is 24.0. The molecule has 1 aliphatic rings. The molecule has 0 saturated heterocycles. The maximum Gasteiger partial charge on any atom is -0.0208 e. The van der Waals surface area contributed by atoms with E-state index in [0.29, 0.717) is 0 Å². The SMILES string of the molecule is CCCCCCPC(CC)C1CCC1C(CC)PCCCCCC. The van der Waals surface area contributed by atoms with Crippen molar-refractivity contribution in [1.82, 2.24) is 0 Å². The van der Waals surface area contributed by atoms with E-state index in [9.17, 15) is 0 Å². The van der Waals surface area contributed by atoms with Crippen molar-refractivity contribution in [3.05, 3.63) is 0 Å². The summed E-state index contributed by atoms with van der Waals surface area (Å²) >= 11 is 0. The first kappa shape index (κ1) is 22.9. The van der Waals surface area contributed by atoms with Gasteiger partial charge in [-0.05, 0) is 74.0 Å². The zero-order valence-electron chi connectivity index (χ0n) is 17.2. The number of unbranched alkanes of at least 4 members (excludes halogenated alkanes) is 6. The quantitative estimate of drug-likeness (QED) is 0.190. The van der Waals surface area contributed by atoms with E-state index in [0.717, 1.165) is 23.2 Å². The fourth-order valence-electron chi connectivity index (χ4n) is 4.43. The van der Waals surface area contributed by atoms with Crippen molar-refractivity contribution in [3.63, 3.8) is 0 Å². The summed E-state index contributed by atoms with van der Waals surface area (Å²) < 4.78 is 0. The van der Waals surface area contributed by atoms with Crippen LogP contribution in [0, 0.1) is 11.8 Å². The average molecular weight is 373 g/mol. The van der Waals surface area contributed by atoms with Gasteiger partial charge in [0.1, 0.15) is 0 Å². The third kappa shape index (κ3) is 8.49. The van der Waals surface area contributed by atoms with Gasteiger partial charge in [0.15, 0.2) is 0 Å². The minimum atomic E-state index is 1.07. The van der Waals surface area contributed by atoms with E-state index in [2.05, 4.69) is 27.7 Å². The maximum atomic E-state index is 2.47. The fourth-order valence-corrected chi connectivity index (χ4v) is 8.09. The van der Waals surface area contributed by atoms with Crippen molar-refractivity contribution in [2.45, 2.75) is 116 Å². The Morgan fingerprint density at radius 2 is 1.04 bits per heavy atom. The number of rotatable bonds is 16. The Morgan fingerprint density at radius 1 is 0.625 bits per heavy atom. The molecule has 0 bridgehead atoms. The van der Waals surface area contributed by atoms with Crippen LogP contribution in [0.1, 0.15) is 105 Å². The topological polar surface area (TPSA) is 0 Å². The molecule has 144 valence electrons. The summed E-state index contributed by atoms with van der Waals surface area (Å²) in [7, 11) is 2.52. The van der Waals surface area contributed by atoms with Crippen LogP contribution in [0.4, 0.5) is 0 Å². The van der Waals surface area contributed by atoms with Crippen molar-refractivity contribution >= 4 is 17.2 Å². The molecular formula is C22H46P2. The molecule has 1 fully saturated rings. The fraction of sp³-hybridized carbons (Fsp3) is 1.00. The molecule has 0 aromatic heterocycles. The average Bonchev–Trinajstić information content (AvgIpc) is 2.57. The summed E-state index contributed by atoms with van der Waals surface area (Å²) in [6.45, 7) is 9.58. The van der Waals surface area contributed by atoms with Crippen molar-refractivity contribution in [3.8, 4) is 0 Å². The van der Waals surface area contributed by atoms with Gasteiger partial charge in [-0.2, -0.15) is 0 Å². The van der Waals surface area contributed by atoms with Crippen LogP contribution >= 0.6 is 17.2 Å². The Labute approximate surface area is 157 Å². The first-order valence-electron chi connectivity index (χ1n) is 11.2. The van der Waals surface area contributed by atoms with Crippen LogP contribution in [0.25, 0.3) is 0 Å². The first-order chi connectivity index (χ1) is 11.8. The van der Waals surface area contributed by atoms with E-state index in [4.69, 9.17) is 0 Å². The molecule has 0 amide bonds. The molecule has 1 aliphatic carbocycles. The van der Waals surface area contributed by atoms with Crippen LogP contribution in [0.3, 0.4) is 0 Å². The van der Waals surface area contributed by atoms with Crippen LogP contribution in [0.2, 0.25) is 0 Å². The van der Waals surface area contributed by atoms with Gasteiger partial charge in [0.25, 0.3) is 0 Å². The van der Waals surface area contributed by atoms with E-state index < -0.39 is 0 Å². The largest absolute Gasteiger partial charge is 0.119 e. The molecule has 0 nitrogen and oxygen atoms in total. The Bertz CT molecular complexity index is 251. The van der Waals surface area contributed by atoms with Gasteiger partial charge in [0.05, 0.1) is 0 Å². The molecule has 6 atom stereocenters. The van der Waals surface area contributed by atoms with Crippen molar-refractivity contribution in [2.24, 2.45) is 11.8 Å². The van der Waals surface area contributed by atoms with Gasteiger partial charge < -0.3 is 0 Å². The molecule has 0 aliphatic heterocycles. The molecule has 1 saturated carbocycles. The van der Waals surface area contributed by atoms with E-state index in [1.165, 1.54) is 93.7 Å². The van der Waals surface area contributed by atoms with Gasteiger partial charge >= 0.3 is 0 Å². The minimum Gasteiger partial charge on any atom is -0.119 e. The lowest BCUT2D eigenvalue weighted by atomic mass is 9.69. The van der Waals surface area contributed by atoms with Crippen molar-refractivity contribution in [1.29, 1.82) is 0 Å². The predicted octanol–water partition coefficient (Wildman–Crippen LogP) is 8.09. The van der Waals surface area contributed by atoms with Gasteiger partial charge in [-0.1, -0.05) is 66.2 Å². The maximum absolute atomic E-state index is 2.47. The predicted molar refractivity (Wildman–Crippen MR) is 119 cm³/mol. The van der Waals surface area contributed by atoms with E-state index in [1.54, 1.807) is 12.8 Å². The summed E-state index contributed by atoms with van der Waals surface area (Å²) in [5, 5.41) is 0. The summed E-state index contributed by atoms with van der Waals surface area (Å²) in [5.74, 6) is 2.21. The number of hydrogen-bond donors (Lipinski definition) is 0. The highest BCUT2D eigenvalue weighted by molar-refractivity contribution is 7.39. The van der Waals surface area contributed by atoms with Crippen LogP contribution < -0.4 is 0 Å². The molecule has 0 radical (unpaired) electrons. The third-order valence-electron chi connectivity index (χ3n) is 6.17. The van der Waals surface area contributed by atoms with Gasteiger partial charge in [0, 0.05) is 0 Å². The second kappa shape index (κ2) is 15.0. The van der Waals surface area contributed by atoms with Gasteiger partial charge in [-0.25, -0.2) is 0 Å². The second-order valence-corrected chi connectivity index (χ2v) is 11.3. The highest BCUT2D eigenvalue weighted by Crippen LogP contribution is 2.51. The minimum absolute atomic E-state index is 1.07. The summed E-state index contributed by atoms with van der Waals surface area (Å²) in [4.78, 5) is 0. The number of hydrogen-bond acceptors (Lipinski definition) is 0. The first-order valence-corrected chi connectivity index (χ1v) is 13.8. The van der Waals surface area contributed by atoms with E-state index in [1.807, 2.05) is 0 Å². The van der Waals surface area contributed by atoms with E-state index >= 15 is 0 Å². The standard InChI is InChI=1S/C22H46P2/c1-5-9-11-13-17-23-21(7-3)19-15-16-20(19)22(8-4)24-18-14-12-10-6-2/h19-24H,5-18H2,1-4H3. The molecule has 1 rings (SSSR count). The molecule has 6 unspecified atom stereocenters. The Balaban J connectivity index is 2.30. The smallest absolute Gasteiger partial charge is 0.0208 e. The van der Waals surface area contributed by atoms with Crippen LogP contribution in [-0.4, -0.2) is 23.6 Å². The van der Waals surface area contributed by atoms with Crippen molar-refractivity contribution in [2.75, 3.05) is 12.3 Å². The van der Waals surface area contributed by atoms with Crippen LogP contribution in [0.5, 0.6) is 0 Å². The molecule has 0 spiro atoms. The lowest BCUT2D eigenvalue weighted by Crippen LogP contribution is -2.39. The zero-order valence-corrected chi connectivity index (χ0v) is 19.2. The highest BCUT2D eigenvalue weighted by atomic mass is 31.1. The lowest BCUT2D eigenvalue weighted by Gasteiger charge is -2.46. The summed E-state index contributed by atoms with van der Waals surface area (Å²) in [6, 6.07) is 0. The molecule has 0 heterocycles. The van der Waals surface area contributed by atoms with Crippen LogP contribution in [0.15, 0.2) is 0 Å². The molecule has 0 aromatic rings. The van der Waals surface area contributed by atoms with E-state index in [-0.39, 0.29) is 0 Å². The molecule has 0 aromatic carbocycles. The molecule has 0 N–H and O–H groups in total. The highest BCUT2D eigenvalue weighted by Gasteiger charge is 2.39. The Hall–Kier alpha value is 0.860. The van der Waals surface area contributed by atoms with Crippen LogP contribution in [-0.2, 0) is 0 Å². The van der Waals surface area contributed by atoms with Gasteiger partial charge in [-0.3, -0.25) is 0 Å². The lowest BCUT2D eigenvalue weighted by molar-refractivity contribution is 0.161. The monoisotopic (exact) mass is 372 g/mol. The zero-order chi connectivity index (χ0) is 17.6. The van der Waals surface area contributed by atoms with Crippen molar-refractivity contribution < 1.29 is 0 Å². The van der Waals surface area contributed by atoms with Gasteiger partial charge in [0.2, 0.25) is 0 Å². The summed E-state index contributed by atoms with van der Waals surface area (Å²) in [5.41, 5.74) is 2.15. The second-order valence-electron chi connectivity index (χ2n) is 7.96. The Kier molecular flexibility index (Phi) is 14.3. The molecular weight excluding hydrogens is 326 g/mol. The Morgan fingerprint density at radius 3 is 1.33 bits per heavy atom. The van der Waals surface area contributed by atoms with Gasteiger partial charge in [-0.15, -0.1) is 17.2 Å². The molecule has 2 heteroatoms. The summed E-state index contributed by atoms with van der Waals surface area (Å²) in [6.07, 6.45) is 20.7. The third-order valence-corrected chi connectivity index (χ3v) is 10.2.